The Kier molecular flexibility index (Phi) is 6.84. The Labute approximate surface area is 195 Å². The van der Waals surface area contributed by atoms with Crippen LogP contribution in [0, 0.1) is 0 Å². The molecule has 0 unspecified atom stereocenters. The van der Waals surface area contributed by atoms with Gasteiger partial charge in [-0.25, -0.2) is 0 Å². The predicted octanol–water partition coefficient (Wildman–Crippen LogP) is 7.15. The zero-order valence-corrected chi connectivity index (χ0v) is 19.2. The molecule has 0 radical (unpaired) electrons. The lowest BCUT2D eigenvalue weighted by Gasteiger charge is -2.14. The topological polar surface area (TPSA) is 70.5 Å². The fraction of sp³-hybridized carbons (Fsp3) is 0.172. The molecule has 4 nitrogen and oxygen atoms in total. The van der Waals surface area contributed by atoms with Gasteiger partial charge in [0, 0.05) is 11.4 Å². The molecule has 0 spiro atoms. The lowest BCUT2D eigenvalue weighted by molar-refractivity contribution is 0.476. The van der Waals surface area contributed by atoms with E-state index in [0.29, 0.717) is 0 Å². The molecule has 4 aromatic rings. The van der Waals surface area contributed by atoms with Gasteiger partial charge in [-0.1, -0.05) is 38.1 Å². The fourth-order valence-electron chi connectivity index (χ4n) is 3.80. The van der Waals surface area contributed by atoms with Crippen LogP contribution < -0.4 is 20.9 Å². The number of nitrogen functional groups attached to an aromatic ring is 2. The van der Waals surface area contributed by atoms with Crippen LogP contribution in [0.1, 0.15) is 36.1 Å². The van der Waals surface area contributed by atoms with Crippen LogP contribution in [0.25, 0.3) is 0 Å². The molecule has 33 heavy (non-hydrogen) atoms. The largest absolute Gasteiger partial charge is 0.457 e. The summed E-state index contributed by atoms with van der Waals surface area (Å²) >= 11 is 0. The van der Waals surface area contributed by atoms with Gasteiger partial charge < -0.3 is 20.9 Å². The molecule has 0 fully saturated rings. The first-order valence-electron chi connectivity index (χ1n) is 11.3. The van der Waals surface area contributed by atoms with Gasteiger partial charge in [0.15, 0.2) is 0 Å². The summed E-state index contributed by atoms with van der Waals surface area (Å²) in [4.78, 5) is 0. The molecule has 0 aromatic heterocycles. The summed E-state index contributed by atoms with van der Waals surface area (Å²) in [5, 5.41) is 0. The molecule has 168 valence electrons. The van der Waals surface area contributed by atoms with Crippen molar-refractivity contribution in [3.05, 3.63) is 107 Å². The maximum Gasteiger partial charge on any atom is 0.130 e. The van der Waals surface area contributed by atoms with Gasteiger partial charge in [-0.2, -0.15) is 0 Å². The summed E-state index contributed by atoms with van der Waals surface area (Å²) in [5.41, 5.74) is 17.9. The average molecular weight is 439 g/mol. The van der Waals surface area contributed by atoms with E-state index in [-0.39, 0.29) is 0 Å². The predicted molar refractivity (Wildman–Crippen MR) is 136 cm³/mol. The Morgan fingerprint density at radius 2 is 0.939 bits per heavy atom. The second-order valence-corrected chi connectivity index (χ2v) is 8.11. The molecule has 0 aliphatic rings. The highest BCUT2D eigenvalue weighted by molar-refractivity contribution is 5.48. The van der Waals surface area contributed by atoms with Gasteiger partial charge in [0.1, 0.15) is 23.0 Å². The van der Waals surface area contributed by atoms with Crippen LogP contribution in [0.15, 0.2) is 84.9 Å². The molecule has 0 amide bonds. The van der Waals surface area contributed by atoms with Gasteiger partial charge in [0.2, 0.25) is 0 Å². The maximum atomic E-state index is 6.10. The third-order valence-electron chi connectivity index (χ3n) is 5.64. The van der Waals surface area contributed by atoms with Crippen molar-refractivity contribution in [1.29, 1.82) is 0 Å². The molecule has 4 aromatic carbocycles. The number of hydrogen-bond donors (Lipinski definition) is 2. The minimum atomic E-state index is 0.727. The molecule has 0 heterocycles. The first-order valence-corrected chi connectivity index (χ1v) is 11.3. The average Bonchev–Trinajstić information content (AvgIpc) is 2.83. The molecule has 0 atom stereocenters. The molecule has 4 rings (SSSR count). The van der Waals surface area contributed by atoms with Crippen LogP contribution in [0.3, 0.4) is 0 Å². The smallest absolute Gasteiger partial charge is 0.130 e. The van der Waals surface area contributed by atoms with Crippen molar-refractivity contribution in [3.8, 4) is 23.0 Å². The van der Waals surface area contributed by atoms with E-state index < -0.39 is 0 Å². The summed E-state index contributed by atoms with van der Waals surface area (Å²) < 4.78 is 12.2. The number of nitrogens with two attached hydrogens (primary N) is 2. The van der Waals surface area contributed by atoms with Crippen LogP contribution in [0.4, 0.5) is 11.4 Å². The number of benzene rings is 4. The second kappa shape index (κ2) is 10.1. The van der Waals surface area contributed by atoms with Crippen molar-refractivity contribution < 1.29 is 9.47 Å². The van der Waals surface area contributed by atoms with Crippen molar-refractivity contribution in [2.24, 2.45) is 0 Å². The molecular formula is C29H30N2O2. The molecule has 0 saturated heterocycles. The first kappa shape index (κ1) is 22.3. The van der Waals surface area contributed by atoms with Gasteiger partial charge in [-0.15, -0.1) is 0 Å². The van der Waals surface area contributed by atoms with Gasteiger partial charge in [-0.05, 0) is 102 Å². The highest BCUT2D eigenvalue weighted by Crippen LogP contribution is 2.30. The Bertz CT molecular complexity index is 1120. The number of aryl methyl sites for hydroxylation is 2. The quantitative estimate of drug-likeness (QED) is 0.287. The van der Waals surface area contributed by atoms with Gasteiger partial charge in [-0.3, -0.25) is 0 Å². The SMILES string of the molecule is CCc1cc(Cc2ccc(Oc3ccc(N)cc3)c(CC)c2)ccc1Oc1ccc(N)cc1. The van der Waals surface area contributed by atoms with Crippen molar-refractivity contribution in [3.63, 3.8) is 0 Å². The van der Waals surface area contributed by atoms with Crippen molar-refractivity contribution in [2.75, 3.05) is 11.5 Å². The molecule has 0 aliphatic carbocycles. The fourth-order valence-corrected chi connectivity index (χ4v) is 3.80. The van der Waals surface area contributed by atoms with Crippen LogP contribution in [0.2, 0.25) is 0 Å². The van der Waals surface area contributed by atoms with E-state index in [4.69, 9.17) is 20.9 Å². The normalized spacial score (nSPS) is 10.7. The number of hydrogen-bond acceptors (Lipinski definition) is 4. The molecule has 4 N–H and O–H groups in total. The zero-order valence-electron chi connectivity index (χ0n) is 19.2. The van der Waals surface area contributed by atoms with E-state index in [1.54, 1.807) is 0 Å². The van der Waals surface area contributed by atoms with E-state index in [2.05, 4.69) is 50.2 Å². The maximum absolute atomic E-state index is 6.10. The number of ether oxygens (including phenoxy) is 2. The lowest BCUT2D eigenvalue weighted by atomic mass is 9.99. The van der Waals surface area contributed by atoms with Crippen molar-refractivity contribution in [1.82, 2.24) is 0 Å². The Hall–Kier alpha value is -3.92. The summed E-state index contributed by atoms with van der Waals surface area (Å²) in [6.45, 7) is 4.29. The second-order valence-electron chi connectivity index (χ2n) is 8.11. The summed E-state index contributed by atoms with van der Waals surface area (Å²) in [7, 11) is 0. The Morgan fingerprint density at radius 1 is 0.545 bits per heavy atom. The number of anilines is 2. The molecular weight excluding hydrogens is 408 g/mol. The zero-order chi connectivity index (χ0) is 23.2. The number of rotatable bonds is 8. The van der Waals surface area contributed by atoms with Gasteiger partial charge in [0.25, 0.3) is 0 Å². The van der Waals surface area contributed by atoms with Crippen molar-refractivity contribution in [2.45, 2.75) is 33.1 Å². The minimum absolute atomic E-state index is 0.727. The van der Waals surface area contributed by atoms with Gasteiger partial charge in [0.05, 0.1) is 0 Å². The third-order valence-corrected chi connectivity index (χ3v) is 5.64. The molecule has 0 aliphatic heterocycles. The summed E-state index contributed by atoms with van der Waals surface area (Å²) in [6, 6.07) is 27.8. The monoisotopic (exact) mass is 438 g/mol. The standard InChI is InChI=1S/C29H30N2O2/c1-3-22-18-20(5-15-28(22)32-26-11-7-24(30)8-12-26)17-21-6-16-29(23(4-2)19-21)33-27-13-9-25(31)10-14-27/h5-16,18-19H,3-4,17,30-31H2,1-2H3. The third kappa shape index (κ3) is 5.66. The molecule has 4 heteroatoms. The first-order chi connectivity index (χ1) is 16.0. The van der Waals surface area contributed by atoms with E-state index in [1.165, 1.54) is 22.3 Å². The molecule has 0 bridgehead atoms. The summed E-state index contributed by atoms with van der Waals surface area (Å²) in [5.74, 6) is 3.34. The lowest BCUT2D eigenvalue weighted by Crippen LogP contribution is -1.97. The van der Waals surface area contributed by atoms with Gasteiger partial charge >= 0.3 is 0 Å². The van der Waals surface area contributed by atoms with Crippen LogP contribution in [-0.2, 0) is 19.3 Å². The van der Waals surface area contributed by atoms with E-state index in [9.17, 15) is 0 Å². The summed E-state index contributed by atoms with van der Waals surface area (Å²) in [6.07, 6.45) is 2.64. The molecule has 0 saturated carbocycles. The van der Waals surface area contributed by atoms with Crippen LogP contribution in [-0.4, -0.2) is 0 Å². The van der Waals surface area contributed by atoms with Crippen molar-refractivity contribution >= 4 is 11.4 Å². The van der Waals surface area contributed by atoms with E-state index >= 15 is 0 Å². The minimum Gasteiger partial charge on any atom is -0.457 e. The highest BCUT2D eigenvalue weighted by Gasteiger charge is 2.09. The van der Waals surface area contributed by atoms with Crippen LogP contribution in [0.5, 0.6) is 23.0 Å². The Balaban J connectivity index is 1.50. The van der Waals surface area contributed by atoms with Crippen LogP contribution >= 0.6 is 0 Å². The Morgan fingerprint density at radius 3 is 1.30 bits per heavy atom. The van der Waals surface area contributed by atoms with E-state index in [1.807, 2.05) is 48.5 Å². The highest BCUT2D eigenvalue weighted by atomic mass is 16.5. The van der Waals surface area contributed by atoms with E-state index in [0.717, 1.165) is 53.6 Å².